The summed E-state index contributed by atoms with van der Waals surface area (Å²) in [5.41, 5.74) is -0.236. The fourth-order valence-corrected chi connectivity index (χ4v) is 4.65. The Hall–Kier alpha value is -1.55. The molecule has 26 heavy (non-hydrogen) atoms. The molecule has 9 heteroatoms. The fourth-order valence-electron chi connectivity index (χ4n) is 3.19. The first-order valence-electron chi connectivity index (χ1n) is 8.41. The molecule has 0 amide bonds. The van der Waals surface area contributed by atoms with E-state index < -0.39 is 10.0 Å². The van der Waals surface area contributed by atoms with Gasteiger partial charge in [-0.15, -0.1) is 0 Å². The van der Waals surface area contributed by atoms with Gasteiger partial charge in [-0.05, 0) is 25.9 Å². The molecule has 1 heterocycles. The minimum absolute atomic E-state index is 0.0372. The molecule has 2 N–H and O–H groups in total. The van der Waals surface area contributed by atoms with Gasteiger partial charge in [0.25, 0.3) is 0 Å². The standard InChI is InChI=1S/C17H28N2O6S/c1-22-12-17(5-7-18-8-6-17)11-19-26(20,21)16-14(24-3)9-13(23-2)10-15(16)25-4/h9-10,18-19H,5-8,11-12H2,1-4H3. The smallest absolute Gasteiger partial charge is 0.247 e. The van der Waals surface area contributed by atoms with E-state index in [0.717, 1.165) is 25.9 Å². The van der Waals surface area contributed by atoms with Crippen LogP contribution in [0.15, 0.2) is 17.0 Å². The second kappa shape index (κ2) is 8.90. The van der Waals surface area contributed by atoms with Crippen LogP contribution in [0.5, 0.6) is 17.2 Å². The lowest BCUT2D eigenvalue weighted by Crippen LogP contribution is -2.47. The number of ether oxygens (including phenoxy) is 4. The Morgan fingerprint density at radius 2 is 1.62 bits per heavy atom. The lowest BCUT2D eigenvalue weighted by Gasteiger charge is -2.37. The Balaban J connectivity index is 2.32. The molecule has 1 aliphatic heterocycles. The number of hydrogen-bond donors (Lipinski definition) is 2. The van der Waals surface area contributed by atoms with Crippen molar-refractivity contribution in [3.8, 4) is 17.2 Å². The maximum absolute atomic E-state index is 13.0. The molecule has 2 rings (SSSR count). The highest BCUT2D eigenvalue weighted by Gasteiger charge is 2.35. The van der Waals surface area contributed by atoms with E-state index in [0.29, 0.717) is 12.4 Å². The van der Waals surface area contributed by atoms with Crippen LogP contribution in [0.3, 0.4) is 0 Å². The highest BCUT2D eigenvalue weighted by molar-refractivity contribution is 7.89. The van der Waals surface area contributed by atoms with Gasteiger partial charge in [0, 0.05) is 31.2 Å². The number of methoxy groups -OCH3 is 4. The SMILES string of the molecule is COCC1(CNS(=O)(=O)c2c(OC)cc(OC)cc2OC)CCNCC1. The summed E-state index contributed by atoms with van der Waals surface area (Å²) in [4.78, 5) is -0.0372. The van der Waals surface area contributed by atoms with Crippen molar-refractivity contribution in [2.75, 3.05) is 54.7 Å². The number of hydrogen-bond acceptors (Lipinski definition) is 7. The van der Waals surface area contributed by atoms with Gasteiger partial charge in [-0.25, -0.2) is 13.1 Å². The van der Waals surface area contributed by atoms with E-state index >= 15 is 0 Å². The van der Waals surface area contributed by atoms with Crippen molar-refractivity contribution in [3.63, 3.8) is 0 Å². The van der Waals surface area contributed by atoms with Crippen LogP contribution >= 0.6 is 0 Å². The van der Waals surface area contributed by atoms with Crippen LogP contribution in [0.4, 0.5) is 0 Å². The zero-order chi connectivity index (χ0) is 19.2. The maximum atomic E-state index is 13.0. The second-order valence-electron chi connectivity index (χ2n) is 6.37. The summed E-state index contributed by atoms with van der Waals surface area (Å²) in [5.74, 6) is 0.784. The molecule has 1 aliphatic rings. The van der Waals surface area contributed by atoms with Crippen LogP contribution < -0.4 is 24.2 Å². The van der Waals surface area contributed by atoms with Crippen LogP contribution in [-0.2, 0) is 14.8 Å². The summed E-state index contributed by atoms with van der Waals surface area (Å²) in [6, 6.07) is 3.04. The molecule has 1 fully saturated rings. The van der Waals surface area contributed by atoms with Crippen molar-refractivity contribution in [1.29, 1.82) is 0 Å². The average molecular weight is 388 g/mol. The van der Waals surface area contributed by atoms with Gasteiger partial charge < -0.3 is 24.3 Å². The second-order valence-corrected chi connectivity index (χ2v) is 8.07. The van der Waals surface area contributed by atoms with Gasteiger partial charge in [-0.1, -0.05) is 0 Å². The zero-order valence-corrected chi connectivity index (χ0v) is 16.6. The van der Waals surface area contributed by atoms with Crippen LogP contribution in [0.2, 0.25) is 0 Å². The van der Waals surface area contributed by atoms with Crippen molar-refractivity contribution in [2.45, 2.75) is 17.7 Å². The number of sulfonamides is 1. The molecule has 8 nitrogen and oxygen atoms in total. The number of piperidine rings is 1. The summed E-state index contributed by atoms with van der Waals surface area (Å²) < 4.78 is 49.8. The predicted molar refractivity (Wildman–Crippen MR) is 97.7 cm³/mol. The third-order valence-electron chi connectivity index (χ3n) is 4.69. The lowest BCUT2D eigenvalue weighted by molar-refractivity contribution is 0.0577. The molecule has 0 saturated carbocycles. The van der Waals surface area contributed by atoms with E-state index in [2.05, 4.69) is 10.0 Å². The minimum Gasteiger partial charge on any atom is -0.496 e. The van der Waals surface area contributed by atoms with Gasteiger partial charge in [0.1, 0.15) is 17.2 Å². The van der Waals surface area contributed by atoms with Crippen LogP contribution in [0, 0.1) is 5.41 Å². The molecule has 1 aromatic rings. The molecule has 0 bridgehead atoms. The first-order chi connectivity index (χ1) is 12.4. The molecule has 1 aromatic carbocycles. The highest BCUT2D eigenvalue weighted by atomic mass is 32.2. The molecule has 1 saturated heterocycles. The summed E-state index contributed by atoms with van der Waals surface area (Å²) in [6.45, 7) is 2.44. The molecule has 0 radical (unpaired) electrons. The number of rotatable bonds is 9. The van der Waals surface area contributed by atoms with Crippen LogP contribution in [0.25, 0.3) is 0 Å². The summed E-state index contributed by atoms with van der Waals surface area (Å²) in [5, 5.41) is 3.29. The van der Waals surface area contributed by atoms with Gasteiger partial charge in [0.15, 0.2) is 4.90 Å². The quantitative estimate of drug-likeness (QED) is 0.652. The first kappa shape index (κ1) is 20.8. The highest BCUT2D eigenvalue weighted by Crippen LogP contribution is 2.38. The van der Waals surface area contributed by atoms with Gasteiger partial charge in [0.05, 0.1) is 27.9 Å². The summed E-state index contributed by atoms with van der Waals surface area (Å²) in [7, 11) is 2.09. The van der Waals surface area contributed by atoms with Crippen molar-refractivity contribution in [1.82, 2.24) is 10.0 Å². The fraction of sp³-hybridized carbons (Fsp3) is 0.647. The zero-order valence-electron chi connectivity index (χ0n) is 15.8. The number of benzene rings is 1. The predicted octanol–water partition coefficient (Wildman–Crippen LogP) is 1.01. The number of nitrogens with one attached hydrogen (secondary N) is 2. The molecule has 0 spiro atoms. The first-order valence-corrected chi connectivity index (χ1v) is 9.89. The Kier molecular flexibility index (Phi) is 7.10. The monoisotopic (exact) mass is 388 g/mol. The normalized spacial score (nSPS) is 16.9. The van der Waals surface area contributed by atoms with Gasteiger partial charge >= 0.3 is 0 Å². The molecule has 0 aromatic heterocycles. The Labute approximate surface area is 155 Å². The average Bonchev–Trinajstić information content (AvgIpc) is 2.66. The Bertz CT molecular complexity index is 671. The molecule has 0 atom stereocenters. The van der Waals surface area contributed by atoms with Gasteiger partial charge in [-0.3, -0.25) is 0 Å². The summed E-state index contributed by atoms with van der Waals surface area (Å²) in [6.07, 6.45) is 1.67. The van der Waals surface area contributed by atoms with Gasteiger partial charge in [0.2, 0.25) is 10.0 Å². The van der Waals surface area contributed by atoms with Crippen LogP contribution in [-0.4, -0.2) is 63.1 Å². The van der Waals surface area contributed by atoms with E-state index in [1.54, 1.807) is 7.11 Å². The third-order valence-corrected chi connectivity index (χ3v) is 6.15. The van der Waals surface area contributed by atoms with Crippen LogP contribution in [0.1, 0.15) is 12.8 Å². The van der Waals surface area contributed by atoms with E-state index in [1.165, 1.54) is 33.5 Å². The topological polar surface area (TPSA) is 95.1 Å². The third kappa shape index (κ3) is 4.59. The molecule has 148 valence electrons. The van der Waals surface area contributed by atoms with Crippen molar-refractivity contribution in [3.05, 3.63) is 12.1 Å². The largest absolute Gasteiger partial charge is 0.496 e. The molecule has 0 unspecified atom stereocenters. The Morgan fingerprint density at radius 3 is 2.08 bits per heavy atom. The van der Waals surface area contributed by atoms with E-state index in [-0.39, 0.29) is 28.4 Å². The van der Waals surface area contributed by atoms with Crippen molar-refractivity contribution in [2.24, 2.45) is 5.41 Å². The van der Waals surface area contributed by atoms with E-state index in [9.17, 15) is 8.42 Å². The van der Waals surface area contributed by atoms with Gasteiger partial charge in [-0.2, -0.15) is 0 Å². The molecular formula is C17H28N2O6S. The lowest BCUT2D eigenvalue weighted by atomic mass is 9.80. The Morgan fingerprint density at radius 1 is 1.04 bits per heavy atom. The molecular weight excluding hydrogens is 360 g/mol. The summed E-state index contributed by atoms with van der Waals surface area (Å²) >= 11 is 0. The van der Waals surface area contributed by atoms with Crippen molar-refractivity contribution >= 4 is 10.0 Å². The molecule has 0 aliphatic carbocycles. The maximum Gasteiger partial charge on any atom is 0.247 e. The van der Waals surface area contributed by atoms with E-state index in [4.69, 9.17) is 18.9 Å². The van der Waals surface area contributed by atoms with E-state index in [1.807, 2.05) is 0 Å². The van der Waals surface area contributed by atoms with Crippen molar-refractivity contribution < 1.29 is 27.4 Å². The minimum atomic E-state index is -3.86.